The normalized spacial score (nSPS) is 16.4. The molecule has 1 unspecified atom stereocenters. The molecule has 1 atom stereocenters. The molecule has 0 spiro atoms. The van der Waals surface area contributed by atoms with Crippen LogP contribution in [0, 0.1) is 13.8 Å². The second kappa shape index (κ2) is 9.38. The van der Waals surface area contributed by atoms with Crippen LogP contribution < -0.4 is 15.0 Å². The van der Waals surface area contributed by atoms with Gasteiger partial charge in [0, 0.05) is 23.7 Å². The van der Waals surface area contributed by atoms with Gasteiger partial charge in [-0.2, -0.15) is 0 Å². The Hall–Kier alpha value is -3.08. The Morgan fingerprint density at radius 3 is 2.84 bits per heavy atom. The molecule has 1 saturated heterocycles. The Morgan fingerprint density at radius 2 is 2.03 bits per heavy atom. The maximum Gasteiger partial charge on any atom is 0.262 e. The second-order valence-electron chi connectivity index (χ2n) is 8.40. The number of ether oxygens (including phenoxy) is 1. The summed E-state index contributed by atoms with van der Waals surface area (Å²) in [5.74, 6) is 1.46. The van der Waals surface area contributed by atoms with Crippen LogP contribution in [0.15, 0.2) is 48.5 Å². The van der Waals surface area contributed by atoms with Gasteiger partial charge in [0.05, 0.1) is 0 Å². The number of piperidine rings is 1. The predicted octanol–water partition coefficient (Wildman–Crippen LogP) is 5.64. The predicted molar refractivity (Wildman–Crippen MR) is 127 cm³/mol. The van der Waals surface area contributed by atoms with Gasteiger partial charge in [-0.1, -0.05) is 36.8 Å². The van der Waals surface area contributed by atoms with Gasteiger partial charge in [-0.25, -0.2) is 4.98 Å². The first-order chi connectivity index (χ1) is 15.0. The summed E-state index contributed by atoms with van der Waals surface area (Å²) >= 11 is 0. The van der Waals surface area contributed by atoms with Gasteiger partial charge in [-0.3, -0.25) is 4.79 Å². The molecular formula is C26H31N3O2. The lowest BCUT2D eigenvalue weighted by molar-refractivity contribution is -0.118. The van der Waals surface area contributed by atoms with Crippen molar-refractivity contribution in [3.63, 3.8) is 0 Å². The number of aromatic nitrogens is 1. The Kier molecular flexibility index (Phi) is 6.40. The van der Waals surface area contributed by atoms with Gasteiger partial charge in [0.15, 0.2) is 6.61 Å². The number of benzene rings is 2. The van der Waals surface area contributed by atoms with Crippen LogP contribution in [0.25, 0.3) is 10.9 Å². The molecule has 4 rings (SSSR count). The number of carbonyl (C=O) groups excluding carboxylic acids is 1. The van der Waals surface area contributed by atoms with E-state index in [1.165, 1.54) is 24.8 Å². The highest BCUT2D eigenvalue weighted by Gasteiger charge is 2.22. The van der Waals surface area contributed by atoms with E-state index in [0.717, 1.165) is 40.9 Å². The highest BCUT2D eigenvalue weighted by atomic mass is 16.5. The molecule has 162 valence electrons. The van der Waals surface area contributed by atoms with E-state index in [4.69, 9.17) is 9.72 Å². The minimum Gasteiger partial charge on any atom is -0.481 e. The summed E-state index contributed by atoms with van der Waals surface area (Å²) in [5.41, 5.74) is 3.83. The Bertz CT molecular complexity index is 1080. The summed E-state index contributed by atoms with van der Waals surface area (Å²) < 4.78 is 5.92. The van der Waals surface area contributed by atoms with Crippen LogP contribution in [0.4, 0.5) is 11.5 Å². The van der Waals surface area contributed by atoms with Crippen LogP contribution >= 0.6 is 0 Å². The zero-order chi connectivity index (χ0) is 21.8. The first-order valence-electron chi connectivity index (χ1n) is 11.2. The molecular weight excluding hydrogens is 386 g/mol. The van der Waals surface area contributed by atoms with Gasteiger partial charge in [-0.15, -0.1) is 0 Å². The summed E-state index contributed by atoms with van der Waals surface area (Å²) in [6, 6.07) is 16.6. The van der Waals surface area contributed by atoms with Crippen molar-refractivity contribution in [2.24, 2.45) is 0 Å². The van der Waals surface area contributed by atoms with Crippen molar-refractivity contribution in [1.82, 2.24) is 4.98 Å². The number of hydrogen-bond donors (Lipinski definition) is 1. The third-order valence-corrected chi connectivity index (χ3v) is 6.08. The van der Waals surface area contributed by atoms with E-state index in [2.05, 4.69) is 35.3 Å². The highest BCUT2D eigenvalue weighted by Crippen LogP contribution is 2.30. The minimum absolute atomic E-state index is 0.0559. The number of nitrogens with zero attached hydrogens (tertiary/aromatic N) is 2. The molecule has 2 heterocycles. The number of nitrogens with one attached hydrogen (secondary N) is 1. The molecule has 0 bridgehead atoms. The topological polar surface area (TPSA) is 54.5 Å². The number of aryl methyl sites for hydroxylation is 2. The van der Waals surface area contributed by atoms with Crippen LogP contribution in [0.5, 0.6) is 5.75 Å². The lowest BCUT2D eigenvalue weighted by Gasteiger charge is -2.36. The minimum atomic E-state index is -0.179. The molecule has 1 fully saturated rings. The average molecular weight is 418 g/mol. The fraction of sp³-hybridized carbons (Fsp3) is 0.385. The van der Waals surface area contributed by atoms with Crippen LogP contribution in [-0.4, -0.2) is 30.1 Å². The summed E-state index contributed by atoms with van der Waals surface area (Å²) in [6.45, 7) is 7.25. The van der Waals surface area contributed by atoms with Crippen LogP contribution in [0.2, 0.25) is 0 Å². The quantitative estimate of drug-likeness (QED) is 0.564. The molecule has 1 aliphatic rings. The van der Waals surface area contributed by atoms with Gasteiger partial charge >= 0.3 is 0 Å². The van der Waals surface area contributed by atoms with Crippen molar-refractivity contribution in [2.45, 2.75) is 52.5 Å². The molecule has 31 heavy (non-hydrogen) atoms. The van der Waals surface area contributed by atoms with E-state index >= 15 is 0 Å². The zero-order valence-electron chi connectivity index (χ0n) is 18.6. The van der Waals surface area contributed by atoms with Gasteiger partial charge in [-0.05, 0) is 69.4 Å². The highest BCUT2D eigenvalue weighted by molar-refractivity contribution is 5.93. The van der Waals surface area contributed by atoms with E-state index in [0.29, 0.717) is 11.8 Å². The summed E-state index contributed by atoms with van der Waals surface area (Å²) in [4.78, 5) is 19.9. The number of rotatable bonds is 6. The van der Waals surface area contributed by atoms with Crippen LogP contribution in [0.3, 0.4) is 0 Å². The van der Waals surface area contributed by atoms with E-state index in [1.54, 1.807) is 0 Å². The van der Waals surface area contributed by atoms with Crippen molar-refractivity contribution in [3.05, 3.63) is 59.7 Å². The molecule has 5 heteroatoms. The average Bonchev–Trinajstić information content (AvgIpc) is 2.79. The lowest BCUT2D eigenvalue weighted by Crippen LogP contribution is -2.39. The van der Waals surface area contributed by atoms with E-state index < -0.39 is 0 Å². The van der Waals surface area contributed by atoms with Crippen LogP contribution in [-0.2, 0) is 4.79 Å². The van der Waals surface area contributed by atoms with Crippen LogP contribution in [0.1, 0.15) is 43.7 Å². The number of anilines is 2. The molecule has 1 aromatic heterocycles. The SMILES string of the molecule is CCC1CCCCN1c1ccc2cccc(OCC(=O)Nc3ccc(C)cc3C)c2n1. The maximum absolute atomic E-state index is 12.5. The third kappa shape index (κ3) is 4.82. The molecule has 1 N–H and O–H groups in total. The molecule has 0 saturated carbocycles. The number of carbonyl (C=O) groups is 1. The molecule has 5 nitrogen and oxygen atoms in total. The molecule has 0 aliphatic carbocycles. The summed E-state index contributed by atoms with van der Waals surface area (Å²) in [7, 11) is 0. The van der Waals surface area contributed by atoms with E-state index in [-0.39, 0.29) is 12.5 Å². The Labute approximate surface area is 184 Å². The smallest absolute Gasteiger partial charge is 0.262 e. The molecule has 2 aromatic carbocycles. The Morgan fingerprint density at radius 1 is 1.16 bits per heavy atom. The van der Waals surface area contributed by atoms with Crippen molar-refractivity contribution in [3.8, 4) is 5.75 Å². The lowest BCUT2D eigenvalue weighted by atomic mass is 10.00. The van der Waals surface area contributed by atoms with Crippen molar-refractivity contribution < 1.29 is 9.53 Å². The summed E-state index contributed by atoms with van der Waals surface area (Å²) in [6.07, 6.45) is 4.82. The van der Waals surface area contributed by atoms with Crippen molar-refractivity contribution in [2.75, 3.05) is 23.4 Å². The molecule has 0 radical (unpaired) electrons. The molecule has 1 aliphatic heterocycles. The molecule has 3 aromatic rings. The van der Waals surface area contributed by atoms with Gasteiger partial charge in [0.25, 0.3) is 5.91 Å². The van der Waals surface area contributed by atoms with Crippen molar-refractivity contribution >= 4 is 28.3 Å². The van der Waals surface area contributed by atoms with E-state index in [9.17, 15) is 4.79 Å². The van der Waals surface area contributed by atoms with Gasteiger partial charge < -0.3 is 15.0 Å². The first kappa shape index (κ1) is 21.2. The number of fused-ring (bicyclic) bond motifs is 1. The number of pyridine rings is 1. The summed E-state index contributed by atoms with van der Waals surface area (Å²) in [5, 5.41) is 3.95. The van der Waals surface area contributed by atoms with E-state index in [1.807, 2.05) is 44.2 Å². The fourth-order valence-corrected chi connectivity index (χ4v) is 4.40. The molecule has 1 amide bonds. The third-order valence-electron chi connectivity index (χ3n) is 6.08. The number of hydrogen-bond acceptors (Lipinski definition) is 4. The van der Waals surface area contributed by atoms with Gasteiger partial charge in [0.1, 0.15) is 17.1 Å². The second-order valence-corrected chi connectivity index (χ2v) is 8.40. The largest absolute Gasteiger partial charge is 0.481 e. The van der Waals surface area contributed by atoms with Gasteiger partial charge in [0.2, 0.25) is 0 Å². The maximum atomic E-state index is 12.5. The number of para-hydroxylation sites is 1. The fourth-order valence-electron chi connectivity index (χ4n) is 4.40. The first-order valence-corrected chi connectivity index (χ1v) is 11.2. The number of amides is 1. The zero-order valence-corrected chi connectivity index (χ0v) is 18.6. The van der Waals surface area contributed by atoms with Crippen molar-refractivity contribution in [1.29, 1.82) is 0 Å². The standard InChI is InChI=1S/C26H31N3O2/c1-4-21-9-5-6-15-29(21)24-14-12-20-8-7-10-23(26(20)28-24)31-17-25(30)27-22-13-11-18(2)16-19(22)3/h7-8,10-14,16,21H,4-6,9,15,17H2,1-3H3,(H,27,30). The Balaban J connectivity index is 1.51. The monoisotopic (exact) mass is 417 g/mol.